The van der Waals surface area contributed by atoms with Crippen LogP contribution in [0.5, 0.6) is 5.75 Å². The summed E-state index contributed by atoms with van der Waals surface area (Å²) in [5.74, 6) is 7.16. The summed E-state index contributed by atoms with van der Waals surface area (Å²) < 4.78 is 12.1. The zero-order chi connectivity index (χ0) is 13.8. The van der Waals surface area contributed by atoms with E-state index in [0.717, 1.165) is 30.8 Å². The molecule has 2 fully saturated rings. The Balaban J connectivity index is 1.71. The average Bonchev–Trinajstić information content (AvgIpc) is 2.45. The average molecular weight is 291 g/mol. The third kappa shape index (κ3) is 2.95. The van der Waals surface area contributed by atoms with Crippen molar-refractivity contribution in [2.75, 3.05) is 12.5 Å². The van der Waals surface area contributed by atoms with Crippen LogP contribution in [0.3, 0.4) is 0 Å². The number of hydrogen-bond acceptors (Lipinski definition) is 2. The van der Waals surface area contributed by atoms with E-state index in [1.807, 2.05) is 24.3 Å². The van der Waals surface area contributed by atoms with Gasteiger partial charge in [-0.15, -0.1) is 11.6 Å². The number of ether oxygens (including phenoxy) is 2. The molecule has 3 heteroatoms. The van der Waals surface area contributed by atoms with Crippen LogP contribution in [0, 0.1) is 11.8 Å². The largest absolute Gasteiger partial charge is 0.489 e. The second kappa shape index (κ2) is 6.08. The molecule has 0 N–H and O–H groups in total. The minimum absolute atomic E-state index is 0.111. The first kappa shape index (κ1) is 13.8. The summed E-state index contributed by atoms with van der Waals surface area (Å²) in [6, 6.07) is 7.93. The Hall–Kier alpha value is -1.17. The van der Waals surface area contributed by atoms with Crippen LogP contribution < -0.4 is 4.74 Å². The van der Waals surface area contributed by atoms with Crippen LogP contribution >= 0.6 is 11.6 Å². The summed E-state index contributed by atoms with van der Waals surface area (Å²) in [7, 11) is 0. The van der Waals surface area contributed by atoms with E-state index in [1.54, 1.807) is 0 Å². The fourth-order valence-corrected chi connectivity index (χ4v) is 3.05. The molecule has 1 saturated carbocycles. The molecule has 1 aliphatic heterocycles. The van der Waals surface area contributed by atoms with Crippen molar-refractivity contribution in [3.05, 3.63) is 29.8 Å². The molecule has 1 unspecified atom stereocenters. The van der Waals surface area contributed by atoms with Crippen LogP contribution in [-0.2, 0) is 4.74 Å². The summed E-state index contributed by atoms with van der Waals surface area (Å²) >= 11 is 5.63. The van der Waals surface area contributed by atoms with Gasteiger partial charge in [-0.3, -0.25) is 0 Å². The molecule has 106 valence electrons. The Bertz CT molecular complexity index is 525. The Morgan fingerprint density at radius 1 is 1.35 bits per heavy atom. The van der Waals surface area contributed by atoms with E-state index in [-0.39, 0.29) is 11.7 Å². The molecule has 1 spiro atoms. The van der Waals surface area contributed by atoms with Crippen molar-refractivity contribution >= 4 is 11.6 Å². The van der Waals surface area contributed by atoms with E-state index in [1.165, 1.54) is 19.3 Å². The predicted octanol–water partition coefficient (Wildman–Crippen LogP) is 3.76. The second-order valence-corrected chi connectivity index (χ2v) is 5.82. The minimum Gasteiger partial charge on any atom is -0.489 e. The van der Waals surface area contributed by atoms with Gasteiger partial charge in [0.05, 0.1) is 23.7 Å². The number of rotatable bonds is 2. The smallest absolute Gasteiger partial charge is 0.135 e. The Morgan fingerprint density at radius 3 is 2.95 bits per heavy atom. The van der Waals surface area contributed by atoms with Gasteiger partial charge in [0.2, 0.25) is 0 Å². The van der Waals surface area contributed by atoms with Crippen molar-refractivity contribution in [3.8, 4) is 17.6 Å². The highest BCUT2D eigenvalue weighted by Crippen LogP contribution is 2.43. The molecule has 1 atom stereocenters. The first-order valence-electron chi connectivity index (χ1n) is 7.26. The number of halogens is 1. The molecule has 20 heavy (non-hydrogen) atoms. The molecule has 1 saturated heterocycles. The maximum absolute atomic E-state index is 6.19. The zero-order valence-corrected chi connectivity index (χ0v) is 12.3. The van der Waals surface area contributed by atoms with Gasteiger partial charge in [-0.2, -0.15) is 0 Å². The molecule has 2 nitrogen and oxygen atoms in total. The van der Waals surface area contributed by atoms with Gasteiger partial charge in [0.25, 0.3) is 0 Å². The highest BCUT2D eigenvalue weighted by Gasteiger charge is 2.43. The van der Waals surface area contributed by atoms with Crippen LogP contribution in [-0.4, -0.2) is 24.2 Å². The van der Waals surface area contributed by atoms with Crippen LogP contribution in [0.15, 0.2) is 24.3 Å². The standard InChI is InChI=1S/C17H19ClO2/c18-11-3-6-14-5-1-2-7-16(14)20-15-8-12-19-17(13-15)9-4-10-17/h1-2,5,7,15H,4,8-13H2. The van der Waals surface area contributed by atoms with Crippen molar-refractivity contribution in [3.63, 3.8) is 0 Å². The van der Waals surface area contributed by atoms with Gasteiger partial charge in [-0.05, 0) is 31.4 Å². The fraction of sp³-hybridized carbons (Fsp3) is 0.529. The number of hydrogen-bond donors (Lipinski definition) is 0. The van der Waals surface area contributed by atoms with E-state index < -0.39 is 0 Å². The lowest BCUT2D eigenvalue weighted by Gasteiger charge is -2.46. The Kier molecular flexibility index (Phi) is 4.19. The molecule has 1 aliphatic carbocycles. The first-order valence-corrected chi connectivity index (χ1v) is 7.79. The molecule has 0 aromatic heterocycles. The van der Waals surface area contributed by atoms with Gasteiger partial charge < -0.3 is 9.47 Å². The van der Waals surface area contributed by atoms with Crippen molar-refractivity contribution in [1.29, 1.82) is 0 Å². The Labute approximate surface area is 125 Å². The summed E-state index contributed by atoms with van der Waals surface area (Å²) in [5, 5.41) is 0. The molecule has 0 amide bonds. The maximum atomic E-state index is 6.19. The summed E-state index contributed by atoms with van der Waals surface area (Å²) in [6.45, 7) is 0.806. The topological polar surface area (TPSA) is 18.5 Å². The predicted molar refractivity (Wildman–Crippen MR) is 80.2 cm³/mol. The van der Waals surface area contributed by atoms with Crippen LogP contribution in [0.4, 0.5) is 0 Å². The molecular formula is C17H19ClO2. The third-order valence-corrected chi connectivity index (χ3v) is 4.32. The van der Waals surface area contributed by atoms with E-state index in [4.69, 9.17) is 21.1 Å². The number of alkyl halides is 1. The lowest BCUT2D eigenvalue weighted by atomic mass is 9.74. The van der Waals surface area contributed by atoms with Crippen molar-refractivity contribution < 1.29 is 9.47 Å². The SMILES string of the molecule is ClCC#Cc1ccccc1OC1CCOC2(CCC2)C1. The number of para-hydroxylation sites is 1. The summed E-state index contributed by atoms with van der Waals surface area (Å²) in [4.78, 5) is 0. The van der Waals surface area contributed by atoms with Crippen LogP contribution in [0.2, 0.25) is 0 Å². The van der Waals surface area contributed by atoms with E-state index >= 15 is 0 Å². The first-order chi connectivity index (χ1) is 9.81. The van der Waals surface area contributed by atoms with E-state index in [2.05, 4.69) is 11.8 Å². The monoisotopic (exact) mass is 290 g/mol. The normalized spacial score (nSPS) is 23.6. The van der Waals surface area contributed by atoms with Crippen molar-refractivity contribution in [2.45, 2.75) is 43.8 Å². The minimum atomic E-state index is 0.111. The van der Waals surface area contributed by atoms with Crippen LogP contribution in [0.1, 0.15) is 37.7 Å². The molecule has 0 bridgehead atoms. The quantitative estimate of drug-likeness (QED) is 0.610. The zero-order valence-electron chi connectivity index (χ0n) is 11.5. The number of benzene rings is 1. The molecule has 2 aliphatic rings. The highest BCUT2D eigenvalue weighted by molar-refractivity contribution is 6.19. The van der Waals surface area contributed by atoms with Crippen molar-refractivity contribution in [1.82, 2.24) is 0 Å². The third-order valence-electron chi connectivity index (χ3n) is 4.18. The van der Waals surface area contributed by atoms with E-state index in [0.29, 0.717) is 5.88 Å². The molecule has 1 heterocycles. The van der Waals surface area contributed by atoms with Gasteiger partial charge in [0, 0.05) is 12.8 Å². The summed E-state index contributed by atoms with van der Waals surface area (Å²) in [6.07, 6.45) is 5.84. The van der Waals surface area contributed by atoms with Gasteiger partial charge >= 0.3 is 0 Å². The Morgan fingerprint density at radius 2 is 2.20 bits per heavy atom. The van der Waals surface area contributed by atoms with Gasteiger partial charge in [-0.25, -0.2) is 0 Å². The van der Waals surface area contributed by atoms with Crippen molar-refractivity contribution in [2.24, 2.45) is 0 Å². The molecule has 0 radical (unpaired) electrons. The van der Waals surface area contributed by atoms with Gasteiger partial charge in [0.15, 0.2) is 0 Å². The maximum Gasteiger partial charge on any atom is 0.135 e. The van der Waals surface area contributed by atoms with Gasteiger partial charge in [0.1, 0.15) is 11.9 Å². The fourth-order valence-electron chi connectivity index (χ4n) is 2.98. The lowest BCUT2D eigenvalue weighted by molar-refractivity contribution is -0.153. The van der Waals surface area contributed by atoms with Gasteiger partial charge in [-0.1, -0.05) is 24.0 Å². The summed E-state index contributed by atoms with van der Waals surface area (Å²) in [5.41, 5.74) is 1.03. The molecular weight excluding hydrogens is 272 g/mol. The second-order valence-electron chi connectivity index (χ2n) is 5.55. The van der Waals surface area contributed by atoms with E-state index in [9.17, 15) is 0 Å². The lowest BCUT2D eigenvalue weighted by Crippen LogP contribution is -2.48. The molecule has 1 aromatic rings. The highest BCUT2D eigenvalue weighted by atomic mass is 35.5. The van der Waals surface area contributed by atoms with Crippen LogP contribution in [0.25, 0.3) is 0 Å². The molecule has 3 rings (SSSR count). The molecule has 1 aromatic carbocycles.